The Morgan fingerprint density at radius 2 is 2.00 bits per heavy atom. The summed E-state index contributed by atoms with van der Waals surface area (Å²) in [6.07, 6.45) is 1.37. The standard InChI is InChI=1S/C14H12N4O5S2/c15-14(24)17-16-9-10-3-1-5-12(7-10)23-25(21,22)13-6-2-4-11(8-13)18(19)20/h1-9H,(H3,15,17,24)/b16-9-. The van der Waals surface area contributed by atoms with Crippen molar-refractivity contribution in [1.29, 1.82) is 0 Å². The summed E-state index contributed by atoms with van der Waals surface area (Å²) in [6.45, 7) is 0. The van der Waals surface area contributed by atoms with Crippen LogP contribution in [0, 0.1) is 10.1 Å². The normalized spacial score (nSPS) is 11.2. The van der Waals surface area contributed by atoms with Gasteiger partial charge in [0.05, 0.1) is 11.1 Å². The van der Waals surface area contributed by atoms with Gasteiger partial charge in [-0.3, -0.25) is 15.5 Å². The van der Waals surface area contributed by atoms with Crippen LogP contribution >= 0.6 is 12.2 Å². The third kappa shape index (κ3) is 5.22. The van der Waals surface area contributed by atoms with E-state index in [2.05, 4.69) is 22.7 Å². The molecule has 2 rings (SSSR count). The van der Waals surface area contributed by atoms with E-state index in [-0.39, 0.29) is 21.4 Å². The van der Waals surface area contributed by atoms with Gasteiger partial charge in [-0.1, -0.05) is 18.2 Å². The molecule has 0 saturated heterocycles. The topological polar surface area (TPSA) is 137 Å². The monoisotopic (exact) mass is 380 g/mol. The Bertz CT molecular complexity index is 944. The van der Waals surface area contributed by atoms with Gasteiger partial charge >= 0.3 is 10.1 Å². The van der Waals surface area contributed by atoms with Crippen LogP contribution in [0.1, 0.15) is 5.56 Å². The summed E-state index contributed by atoms with van der Waals surface area (Å²) in [7, 11) is -4.23. The zero-order valence-corrected chi connectivity index (χ0v) is 14.2. The van der Waals surface area contributed by atoms with Gasteiger partial charge in [0.15, 0.2) is 5.11 Å². The van der Waals surface area contributed by atoms with E-state index >= 15 is 0 Å². The van der Waals surface area contributed by atoms with E-state index in [1.807, 2.05) is 0 Å². The van der Waals surface area contributed by atoms with Crippen molar-refractivity contribution in [1.82, 2.24) is 5.43 Å². The van der Waals surface area contributed by atoms with Crippen LogP contribution in [0.25, 0.3) is 0 Å². The van der Waals surface area contributed by atoms with Crippen molar-refractivity contribution in [3.05, 3.63) is 64.2 Å². The zero-order chi connectivity index (χ0) is 18.4. The SMILES string of the molecule is NC(=S)N/N=C\c1cccc(OS(=O)(=O)c2cccc([N+](=O)[O-])c2)c1. The van der Waals surface area contributed by atoms with E-state index < -0.39 is 15.0 Å². The number of nitrogens with two attached hydrogens (primary N) is 1. The maximum absolute atomic E-state index is 12.3. The molecule has 0 spiro atoms. The van der Waals surface area contributed by atoms with Crippen LogP contribution in [0.15, 0.2) is 58.5 Å². The first-order valence-corrected chi connectivity index (χ1v) is 8.47. The molecule has 0 saturated carbocycles. The number of hydrogen-bond donors (Lipinski definition) is 2. The molecular formula is C14H12N4O5S2. The number of hydrogen-bond acceptors (Lipinski definition) is 7. The van der Waals surface area contributed by atoms with Crippen LogP contribution in [0.4, 0.5) is 5.69 Å². The lowest BCUT2D eigenvalue weighted by Crippen LogP contribution is -2.23. The number of thiocarbonyl (C=S) groups is 1. The van der Waals surface area contributed by atoms with Crippen molar-refractivity contribution >= 4 is 39.4 Å². The molecule has 9 nitrogen and oxygen atoms in total. The second-order valence-electron chi connectivity index (χ2n) is 4.60. The molecule has 0 aliphatic heterocycles. The smallest absolute Gasteiger partial charge is 0.339 e. The Morgan fingerprint density at radius 1 is 1.28 bits per heavy atom. The van der Waals surface area contributed by atoms with E-state index in [0.29, 0.717) is 5.56 Å². The fraction of sp³-hybridized carbons (Fsp3) is 0. The summed E-state index contributed by atoms with van der Waals surface area (Å²) in [6, 6.07) is 10.6. The summed E-state index contributed by atoms with van der Waals surface area (Å²) in [4.78, 5) is 9.75. The minimum Gasteiger partial charge on any atom is -0.379 e. The summed E-state index contributed by atoms with van der Waals surface area (Å²) >= 11 is 4.59. The van der Waals surface area contributed by atoms with E-state index in [0.717, 1.165) is 6.07 Å². The Kier molecular flexibility index (Phi) is 5.62. The molecule has 0 atom stereocenters. The highest BCUT2D eigenvalue weighted by Crippen LogP contribution is 2.22. The first-order valence-electron chi connectivity index (χ1n) is 6.65. The average molecular weight is 380 g/mol. The molecule has 2 aromatic carbocycles. The van der Waals surface area contributed by atoms with Crippen LogP contribution in [0.2, 0.25) is 0 Å². The summed E-state index contributed by atoms with van der Waals surface area (Å²) in [5, 5.41) is 14.5. The number of non-ortho nitro benzene ring substituents is 1. The minimum absolute atomic E-state index is 0.0168. The van der Waals surface area contributed by atoms with Crippen molar-refractivity contribution in [3.8, 4) is 5.75 Å². The third-order valence-electron chi connectivity index (χ3n) is 2.77. The van der Waals surface area contributed by atoms with Gasteiger partial charge in [-0.2, -0.15) is 13.5 Å². The molecule has 25 heavy (non-hydrogen) atoms. The van der Waals surface area contributed by atoms with Gasteiger partial charge in [0.1, 0.15) is 10.6 Å². The molecule has 11 heteroatoms. The molecule has 0 radical (unpaired) electrons. The Balaban J connectivity index is 2.23. The highest BCUT2D eigenvalue weighted by Gasteiger charge is 2.19. The molecule has 0 aliphatic rings. The van der Waals surface area contributed by atoms with E-state index in [9.17, 15) is 18.5 Å². The molecule has 3 N–H and O–H groups in total. The molecule has 0 unspecified atom stereocenters. The van der Waals surface area contributed by atoms with Gasteiger partial charge in [0.2, 0.25) is 0 Å². The summed E-state index contributed by atoms with van der Waals surface area (Å²) in [5.41, 5.74) is 7.75. The predicted octanol–water partition coefficient (Wildman–Crippen LogP) is 1.53. The number of hydrazone groups is 1. The lowest BCUT2D eigenvalue weighted by Gasteiger charge is -2.07. The van der Waals surface area contributed by atoms with Crippen LogP contribution in [0.5, 0.6) is 5.75 Å². The van der Waals surface area contributed by atoms with Gasteiger partial charge in [-0.05, 0) is 36.0 Å². The van der Waals surface area contributed by atoms with Crippen molar-refractivity contribution in [2.45, 2.75) is 4.90 Å². The van der Waals surface area contributed by atoms with Gasteiger partial charge in [0.25, 0.3) is 5.69 Å². The first-order chi connectivity index (χ1) is 11.8. The highest BCUT2D eigenvalue weighted by molar-refractivity contribution is 7.87. The Hall–Kier alpha value is -3.05. The molecule has 0 heterocycles. The third-order valence-corrected chi connectivity index (χ3v) is 4.10. The number of benzene rings is 2. The van der Waals surface area contributed by atoms with Crippen LogP contribution in [-0.4, -0.2) is 24.7 Å². The maximum atomic E-state index is 12.3. The van der Waals surface area contributed by atoms with E-state index in [4.69, 9.17) is 9.92 Å². The fourth-order valence-corrected chi connectivity index (χ4v) is 2.76. The molecular weight excluding hydrogens is 368 g/mol. The van der Waals surface area contributed by atoms with E-state index in [1.165, 1.54) is 36.5 Å². The zero-order valence-electron chi connectivity index (χ0n) is 12.5. The predicted molar refractivity (Wildman–Crippen MR) is 94.9 cm³/mol. The van der Waals surface area contributed by atoms with Crippen molar-refractivity contribution in [3.63, 3.8) is 0 Å². The average Bonchev–Trinajstić information content (AvgIpc) is 2.54. The van der Waals surface area contributed by atoms with Gasteiger partial charge in [0, 0.05) is 12.1 Å². The second kappa shape index (κ2) is 7.68. The molecule has 0 fully saturated rings. The largest absolute Gasteiger partial charge is 0.379 e. The minimum atomic E-state index is -4.23. The van der Waals surface area contributed by atoms with Crippen molar-refractivity contribution in [2.75, 3.05) is 0 Å². The summed E-state index contributed by atoms with van der Waals surface area (Å²) < 4.78 is 29.5. The molecule has 0 aromatic heterocycles. The van der Waals surface area contributed by atoms with Crippen LogP contribution < -0.4 is 15.3 Å². The molecule has 2 aromatic rings. The van der Waals surface area contributed by atoms with Crippen molar-refractivity contribution < 1.29 is 17.5 Å². The Labute approximate surface area is 148 Å². The van der Waals surface area contributed by atoms with Gasteiger partial charge in [-0.25, -0.2) is 0 Å². The van der Waals surface area contributed by atoms with Gasteiger partial charge in [-0.15, -0.1) is 0 Å². The van der Waals surface area contributed by atoms with E-state index in [1.54, 1.807) is 12.1 Å². The maximum Gasteiger partial charge on any atom is 0.339 e. The second-order valence-corrected chi connectivity index (χ2v) is 6.58. The number of nitrogens with zero attached hydrogens (tertiary/aromatic N) is 2. The molecule has 0 amide bonds. The number of nitrogens with one attached hydrogen (secondary N) is 1. The molecule has 0 bridgehead atoms. The lowest BCUT2D eigenvalue weighted by molar-refractivity contribution is -0.385. The quantitative estimate of drug-likeness (QED) is 0.253. The fourth-order valence-electron chi connectivity index (χ4n) is 1.74. The molecule has 130 valence electrons. The van der Waals surface area contributed by atoms with Crippen LogP contribution in [0.3, 0.4) is 0 Å². The number of nitro benzene ring substituents is 1. The van der Waals surface area contributed by atoms with Crippen LogP contribution in [-0.2, 0) is 10.1 Å². The summed E-state index contributed by atoms with van der Waals surface area (Å²) in [5.74, 6) is 0.0192. The van der Waals surface area contributed by atoms with Crippen molar-refractivity contribution in [2.24, 2.45) is 10.8 Å². The lowest BCUT2D eigenvalue weighted by atomic mass is 10.2. The first kappa shape index (κ1) is 18.3. The number of nitro groups is 1. The van der Waals surface area contributed by atoms with Gasteiger partial charge < -0.3 is 9.92 Å². The molecule has 0 aliphatic carbocycles. The number of rotatable bonds is 6. The Morgan fingerprint density at radius 3 is 2.68 bits per heavy atom. The highest BCUT2D eigenvalue weighted by atomic mass is 32.2.